The van der Waals surface area contributed by atoms with Crippen LogP contribution in [0.3, 0.4) is 0 Å². The molecule has 4 heteroatoms. The molecule has 2 atom stereocenters. The number of nitrogens with zero attached hydrogens (tertiary/aromatic N) is 2. The number of Topliss-reactive ketones (excluding diaryl/α,β-unsaturated/α-hetero) is 1. The lowest BCUT2D eigenvalue weighted by Gasteiger charge is -2.38. The molecule has 0 N–H and O–H groups in total. The van der Waals surface area contributed by atoms with E-state index in [1.54, 1.807) is 0 Å². The van der Waals surface area contributed by atoms with Gasteiger partial charge in [-0.15, -0.1) is 0 Å². The Morgan fingerprint density at radius 2 is 1.77 bits per heavy atom. The highest BCUT2D eigenvalue weighted by Gasteiger charge is 2.51. The van der Waals surface area contributed by atoms with Gasteiger partial charge in [-0.25, -0.2) is 0 Å². The summed E-state index contributed by atoms with van der Waals surface area (Å²) in [4.78, 5) is 12.4. The molecule has 0 aromatic heterocycles. The summed E-state index contributed by atoms with van der Waals surface area (Å²) in [6.07, 6.45) is 4.18. The monoisotopic (exact) mass is 404 g/mol. The topological polar surface area (TPSA) is 64.7 Å². The molecule has 0 unspecified atom stereocenters. The maximum absolute atomic E-state index is 12.4. The van der Waals surface area contributed by atoms with Gasteiger partial charge in [-0.2, -0.15) is 10.5 Å². The van der Waals surface area contributed by atoms with E-state index in [4.69, 9.17) is 0 Å². The average Bonchev–Trinajstić information content (AvgIpc) is 2.67. The van der Waals surface area contributed by atoms with E-state index in [1.165, 1.54) is 0 Å². The van der Waals surface area contributed by atoms with Gasteiger partial charge in [-0.1, -0.05) is 70.5 Å². The standard InChI is InChI=1S/C22H17BrN2O/c23-19-8-4-7-17(11-19)21-13-20(26)12-18(22(21,14-24)15-25)10-9-16-5-2-1-3-6-16/h1-11,18,21H,12-13H2/b10-9+/t18-,21+/m1/s1. The number of carbonyl (C=O) groups is 1. The third-order valence-electron chi connectivity index (χ3n) is 4.96. The Morgan fingerprint density at radius 1 is 1.04 bits per heavy atom. The molecular weight excluding hydrogens is 388 g/mol. The number of hydrogen-bond acceptors (Lipinski definition) is 3. The van der Waals surface area contributed by atoms with E-state index in [9.17, 15) is 15.3 Å². The van der Waals surface area contributed by atoms with Crippen LogP contribution < -0.4 is 0 Å². The molecule has 0 saturated heterocycles. The Balaban J connectivity index is 2.03. The quantitative estimate of drug-likeness (QED) is 0.700. The van der Waals surface area contributed by atoms with Crippen molar-refractivity contribution in [1.29, 1.82) is 10.5 Å². The minimum atomic E-state index is -1.26. The van der Waals surface area contributed by atoms with Crippen molar-refractivity contribution in [3.63, 3.8) is 0 Å². The summed E-state index contributed by atoms with van der Waals surface area (Å²) >= 11 is 3.44. The maximum Gasteiger partial charge on any atom is 0.157 e. The number of halogens is 1. The summed E-state index contributed by atoms with van der Waals surface area (Å²) in [6, 6.07) is 21.8. The van der Waals surface area contributed by atoms with Crippen LogP contribution in [0.1, 0.15) is 29.9 Å². The maximum atomic E-state index is 12.4. The van der Waals surface area contributed by atoms with Crippen molar-refractivity contribution in [1.82, 2.24) is 0 Å². The van der Waals surface area contributed by atoms with Crippen LogP contribution in [0.4, 0.5) is 0 Å². The largest absolute Gasteiger partial charge is 0.300 e. The van der Waals surface area contributed by atoms with Gasteiger partial charge in [-0.05, 0) is 23.3 Å². The van der Waals surface area contributed by atoms with Crippen molar-refractivity contribution in [2.75, 3.05) is 0 Å². The van der Waals surface area contributed by atoms with Gasteiger partial charge < -0.3 is 0 Å². The average molecular weight is 405 g/mol. The third-order valence-corrected chi connectivity index (χ3v) is 5.45. The van der Waals surface area contributed by atoms with Crippen molar-refractivity contribution in [2.45, 2.75) is 18.8 Å². The molecule has 128 valence electrons. The Hall–Kier alpha value is -2.69. The Labute approximate surface area is 161 Å². The summed E-state index contributed by atoms with van der Waals surface area (Å²) < 4.78 is 0.870. The molecule has 0 amide bonds. The van der Waals surface area contributed by atoms with Crippen molar-refractivity contribution >= 4 is 27.8 Å². The summed E-state index contributed by atoms with van der Waals surface area (Å²) in [5.41, 5.74) is 0.558. The lowest BCUT2D eigenvalue weighted by atomic mass is 9.59. The molecule has 1 aliphatic rings. The smallest absolute Gasteiger partial charge is 0.157 e. The van der Waals surface area contributed by atoms with E-state index < -0.39 is 17.3 Å². The second-order valence-corrected chi connectivity index (χ2v) is 7.44. The lowest BCUT2D eigenvalue weighted by molar-refractivity contribution is -0.123. The molecule has 0 bridgehead atoms. The molecule has 0 aliphatic heterocycles. The second-order valence-electron chi connectivity index (χ2n) is 6.52. The molecule has 3 rings (SSSR count). The van der Waals surface area contributed by atoms with E-state index in [-0.39, 0.29) is 18.6 Å². The van der Waals surface area contributed by atoms with E-state index in [0.717, 1.165) is 15.6 Å². The molecule has 2 aromatic rings. The highest BCUT2D eigenvalue weighted by molar-refractivity contribution is 9.10. The number of benzene rings is 2. The molecule has 3 nitrogen and oxygen atoms in total. The van der Waals surface area contributed by atoms with Crippen molar-refractivity contribution in [2.24, 2.45) is 11.3 Å². The van der Waals surface area contributed by atoms with Gasteiger partial charge in [-0.3, -0.25) is 4.79 Å². The molecule has 26 heavy (non-hydrogen) atoms. The fourth-order valence-corrected chi connectivity index (χ4v) is 4.02. The molecular formula is C22H17BrN2O. The van der Waals surface area contributed by atoms with Crippen LogP contribution in [0.15, 0.2) is 65.1 Å². The zero-order valence-corrected chi connectivity index (χ0v) is 15.7. The van der Waals surface area contributed by atoms with Crippen molar-refractivity contribution < 1.29 is 4.79 Å². The molecule has 2 aromatic carbocycles. The highest BCUT2D eigenvalue weighted by atomic mass is 79.9. The number of hydrogen-bond donors (Lipinski definition) is 0. The summed E-state index contributed by atoms with van der Waals surface area (Å²) in [7, 11) is 0. The van der Waals surface area contributed by atoms with Crippen molar-refractivity contribution in [3.05, 3.63) is 76.3 Å². The first-order valence-electron chi connectivity index (χ1n) is 8.42. The van der Waals surface area contributed by atoms with Crippen molar-refractivity contribution in [3.8, 4) is 12.1 Å². The fourth-order valence-electron chi connectivity index (χ4n) is 3.60. The van der Waals surface area contributed by atoms with Crippen LogP contribution in [-0.4, -0.2) is 5.78 Å². The molecule has 0 heterocycles. The van der Waals surface area contributed by atoms with E-state index in [0.29, 0.717) is 0 Å². The van der Waals surface area contributed by atoms with Gasteiger partial charge in [0, 0.05) is 29.2 Å². The first-order valence-corrected chi connectivity index (χ1v) is 9.21. The predicted molar refractivity (Wildman–Crippen MR) is 104 cm³/mol. The molecule has 0 spiro atoms. The first kappa shape index (κ1) is 18.1. The minimum Gasteiger partial charge on any atom is -0.300 e. The number of carbonyl (C=O) groups excluding carboxylic acids is 1. The van der Waals surface area contributed by atoms with Crippen LogP contribution >= 0.6 is 15.9 Å². The van der Waals surface area contributed by atoms with Gasteiger partial charge >= 0.3 is 0 Å². The number of nitriles is 2. The van der Waals surface area contributed by atoms with E-state index >= 15 is 0 Å². The molecule has 1 aliphatic carbocycles. The van der Waals surface area contributed by atoms with Crippen LogP contribution in [-0.2, 0) is 4.79 Å². The van der Waals surface area contributed by atoms with E-state index in [1.807, 2.05) is 66.7 Å². The predicted octanol–water partition coefficient (Wildman–Crippen LogP) is 5.26. The Bertz CT molecular complexity index is 907. The first-order chi connectivity index (χ1) is 12.6. The molecule has 0 radical (unpaired) electrons. The van der Waals surface area contributed by atoms with Gasteiger partial charge in [0.2, 0.25) is 0 Å². The van der Waals surface area contributed by atoms with Crippen LogP contribution in [0.5, 0.6) is 0 Å². The zero-order chi connectivity index (χ0) is 18.6. The summed E-state index contributed by atoms with van der Waals surface area (Å²) in [5, 5.41) is 19.9. The van der Waals surface area contributed by atoms with Crippen LogP contribution in [0, 0.1) is 34.0 Å². The van der Waals surface area contributed by atoms with Crippen LogP contribution in [0.25, 0.3) is 6.08 Å². The highest BCUT2D eigenvalue weighted by Crippen LogP contribution is 2.50. The fraction of sp³-hybridized carbons (Fsp3) is 0.227. The SMILES string of the molecule is N#CC1(C#N)[C@H](/C=C/c2ccccc2)CC(=O)C[C@H]1c1cccc(Br)c1. The molecule has 1 saturated carbocycles. The Kier molecular flexibility index (Phi) is 5.35. The van der Waals surface area contributed by atoms with Gasteiger partial charge in [0.05, 0.1) is 12.1 Å². The zero-order valence-electron chi connectivity index (χ0n) is 14.1. The minimum absolute atomic E-state index is 0.0822. The third kappa shape index (κ3) is 3.47. The second kappa shape index (κ2) is 7.68. The number of rotatable bonds is 3. The normalized spacial score (nSPS) is 21.9. The summed E-state index contributed by atoms with van der Waals surface area (Å²) in [6.45, 7) is 0. The number of allylic oxidation sites excluding steroid dienone is 1. The van der Waals surface area contributed by atoms with Gasteiger partial charge in [0.15, 0.2) is 5.41 Å². The summed E-state index contributed by atoms with van der Waals surface area (Å²) in [5.74, 6) is -0.802. The van der Waals surface area contributed by atoms with Crippen LogP contribution in [0.2, 0.25) is 0 Å². The molecule has 1 fully saturated rings. The Morgan fingerprint density at radius 3 is 2.42 bits per heavy atom. The lowest BCUT2D eigenvalue weighted by Crippen LogP contribution is -2.40. The number of ketones is 1. The van der Waals surface area contributed by atoms with Gasteiger partial charge in [0.1, 0.15) is 5.78 Å². The van der Waals surface area contributed by atoms with E-state index in [2.05, 4.69) is 28.1 Å². The van der Waals surface area contributed by atoms with Gasteiger partial charge in [0.25, 0.3) is 0 Å².